The Morgan fingerprint density at radius 3 is 2.74 bits per heavy atom. The Morgan fingerprint density at radius 2 is 2.05 bits per heavy atom. The Morgan fingerprint density at radius 1 is 1.16 bits per heavy atom. The molecular weight excluding hydrogens is 266 g/mol. The Balaban J connectivity index is 1.73. The van der Waals surface area contributed by atoms with E-state index in [1.807, 2.05) is 0 Å². The molecule has 0 amide bonds. The number of hydrogen-bond donors (Lipinski definition) is 0. The normalized spacial score (nSPS) is 25.2. The summed E-state index contributed by atoms with van der Waals surface area (Å²) in [6.07, 6.45) is 6.76. The summed E-state index contributed by atoms with van der Waals surface area (Å²) in [5.74, 6) is 1.84. The van der Waals surface area contributed by atoms with Gasteiger partial charge >= 0.3 is 0 Å². The van der Waals surface area contributed by atoms with E-state index >= 15 is 0 Å². The largest absolute Gasteiger partial charge is 0.337 e. The number of hydrogen-bond acceptors (Lipinski definition) is 6. The maximum atomic E-state index is 6.00. The maximum Gasteiger partial charge on any atom is 0.258 e. The molecule has 8 heteroatoms. The van der Waals surface area contributed by atoms with E-state index < -0.39 is 0 Å². The van der Waals surface area contributed by atoms with Crippen LogP contribution in [0.3, 0.4) is 0 Å². The molecule has 98 valence electrons. The van der Waals surface area contributed by atoms with Crippen LogP contribution in [0.2, 0.25) is 5.28 Å². The highest BCUT2D eigenvalue weighted by atomic mass is 35.5. The fourth-order valence-electron chi connectivity index (χ4n) is 3.04. The van der Waals surface area contributed by atoms with Crippen molar-refractivity contribution in [1.82, 2.24) is 29.7 Å². The fourth-order valence-corrected chi connectivity index (χ4v) is 3.19. The summed E-state index contributed by atoms with van der Waals surface area (Å²) in [4.78, 5) is 18.9. The van der Waals surface area contributed by atoms with E-state index in [1.54, 1.807) is 6.33 Å². The third kappa shape index (κ3) is 1.85. The van der Waals surface area contributed by atoms with Crippen LogP contribution in [0.1, 0.15) is 19.3 Å². The van der Waals surface area contributed by atoms with Crippen LogP contribution in [0.25, 0.3) is 5.95 Å². The molecule has 2 fully saturated rings. The van der Waals surface area contributed by atoms with Crippen LogP contribution in [-0.2, 0) is 0 Å². The molecule has 1 aliphatic heterocycles. The van der Waals surface area contributed by atoms with Crippen molar-refractivity contribution in [3.05, 3.63) is 17.9 Å². The predicted octanol–water partition coefficient (Wildman–Crippen LogP) is 1.09. The van der Waals surface area contributed by atoms with Gasteiger partial charge in [0.05, 0.1) is 0 Å². The standard InChI is InChI=1S/C11H12ClN7/c12-9-15-10(18-4-7-1-2-8(18)3-7)17-11(16-9)19-6-13-5-14-19/h5-8H,1-4H2. The Bertz CT molecular complexity index is 599. The Hall–Kier alpha value is -1.76. The summed E-state index contributed by atoms with van der Waals surface area (Å²) in [5, 5.41) is 4.21. The number of piperidine rings is 1. The van der Waals surface area contributed by atoms with Crippen molar-refractivity contribution < 1.29 is 0 Å². The van der Waals surface area contributed by atoms with Crippen molar-refractivity contribution in [3.8, 4) is 5.95 Å². The fraction of sp³-hybridized carbons (Fsp3) is 0.545. The van der Waals surface area contributed by atoms with E-state index in [2.05, 4.69) is 29.9 Å². The lowest BCUT2D eigenvalue weighted by Gasteiger charge is -2.26. The van der Waals surface area contributed by atoms with Gasteiger partial charge in [0.25, 0.3) is 5.95 Å². The van der Waals surface area contributed by atoms with Gasteiger partial charge in [-0.2, -0.15) is 24.7 Å². The highest BCUT2D eigenvalue weighted by molar-refractivity contribution is 6.28. The molecule has 4 rings (SSSR count). The summed E-state index contributed by atoms with van der Waals surface area (Å²) in [7, 11) is 0. The van der Waals surface area contributed by atoms with Crippen molar-refractivity contribution in [1.29, 1.82) is 0 Å². The number of halogens is 1. The highest BCUT2D eigenvalue weighted by Crippen LogP contribution is 2.39. The van der Waals surface area contributed by atoms with Crippen LogP contribution >= 0.6 is 11.6 Å². The number of rotatable bonds is 2. The average Bonchev–Trinajstić information content (AvgIpc) is 3.15. The second-order valence-corrected chi connectivity index (χ2v) is 5.37. The number of aromatic nitrogens is 6. The van der Waals surface area contributed by atoms with E-state index in [9.17, 15) is 0 Å². The molecule has 3 heterocycles. The minimum absolute atomic E-state index is 0.193. The van der Waals surface area contributed by atoms with E-state index in [1.165, 1.54) is 30.3 Å². The van der Waals surface area contributed by atoms with Crippen molar-refractivity contribution in [2.45, 2.75) is 25.3 Å². The van der Waals surface area contributed by atoms with Crippen LogP contribution in [0, 0.1) is 5.92 Å². The van der Waals surface area contributed by atoms with Crippen molar-refractivity contribution in [2.75, 3.05) is 11.4 Å². The smallest absolute Gasteiger partial charge is 0.258 e. The Labute approximate surface area is 114 Å². The average molecular weight is 278 g/mol. The minimum Gasteiger partial charge on any atom is -0.337 e. The molecule has 2 unspecified atom stereocenters. The van der Waals surface area contributed by atoms with E-state index in [0.29, 0.717) is 17.9 Å². The first kappa shape index (κ1) is 11.1. The Kier molecular flexibility index (Phi) is 2.41. The lowest BCUT2D eigenvalue weighted by Crippen LogP contribution is -2.33. The molecule has 2 aliphatic rings. The molecule has 7 nitrogen and oxygen atoms in total. The summed E-state index contributed by atoms with van der Waals surface area (Å²) >= 11 is 6.00. The van der Waals surface area contributed by atoms with E-state index in [4.69, 9.17) is 11.6 Å². The first-order valence-electron chi connectivity index (χ1n) is 6.33. The summed E-state index contributed by atoms with van der Waals surface area (Å²) in [5.41, 5.74) is 0. The van der Waals surface area contributed by atoms with Gasteiger partial charge < -0.3 is 4.90 Å². The van der Waals surface area contributed by atoms with Gasteiger partial charge in [0.1, 0.15) is 12.7 Å². The predicted molar refractivity (Wildman–Crippen MR) is 68.2 cm³/mol. The van der Waals surface area contributed by atoms with Gasteiger partial charge in [0.15, 0.2) is 0 Å². The van der Waals surface area contributed by atoms with Crippen molar-refractivity contribution in [3.63, 3.8) is 0 Å². The minimum atomic E-state index is 0.193. The van der Waals surface area contributed by atoms with Crippen molar-refractivity contribution in [2.24, 2.45) is 5.92 Å². The van der Waals surface area contributed by atoms with Crippen LogP contribution < -0.4 is 4.90 Å². The zero-order valence-corrected chi connectivity index (χ0v) is 10.9. The highest BCUT2D eigenvalue weighted by Gasteiger charge is 2.39. The second-order valence-electron chi connectivity index (χ2n) is 5.03. The van der Waals surface area contributed by atoms with Gasteiger partial charge in [-0.15, -0.1) is 0 Å². The third-order valence-corrected chi connectivity index (χ3v) is 4.04. The molecule has 0 N–H and O–H groups in total. The first-order chi connectivity index (χ1) is 9.29. The molecule has 0 aromatic carbocycles. The zero-order chi connectivity index (χ0) is 12.8. The van der Waals surface area contributed by atoms with E-state index in [-0.39, 0.29) is 5.28 Å². The SMILES string of the molecule is Clc1nc(N2CC3CCC2C3)nc(-n2cncn2)n1. The van der Waals surface area contributed by atoms with Crippen LogP contribution in [0.4, 0.5) is 5.95 Å². The molecule has 19 heavy (non-hydrogen) atoms. The lowest BCUT2D eigenvalue weighted by molar-refractivity contribution is 0.545. The lowest BCUT2D eigenvalue weighted by atomic mass is 10.1. The van der Waals surface area contributed by atoms with Crippen LogP contribution in [-0.4, -0.2) is 42.3 Å². The molecule has 2 aromatic heterocycles. The van der Waals surface area contributed by atoms with Gasteiger partial charge in [0, 0.05) is 12.6 Å². The van der Waals surface area contributed by atoms with E-state index in [0.717, 1.165) is 12.5 Å². The molecular formula is C11H12ClN7. The molecule has 1 saturated heterocycles. The molecule has 2 aromatic rings. The molecule has 2 bridgehead atoms. The quantitative estimate of drug-likeness (QED) is 0.818. The molecule has 1 aliphatic carbocycles. The van der Waals surface area contributed by atoms with Crippen LogP contribution in [0.15, 0.2) is 12.7 Å². The van der Waals surface area contributed by atoms with Gasteiger partial charge in [-0.25, -0.2) is 4.98 Å². The molecule has 0 spiro atoms. The summed E-state index contributed by atoms with van der Waals surface area (Å²) in [6.45, 7) is 1.02. The first-order valence-corrected chi connectivity index (χ1v) is 6.70. The van der Waals surface area contributed by atoms with Gasteiger partial charge in [-0.1, -0.05) is 0 Å². The number of anilines is 1. The maximum absolute atomic E-state index is 6.00. The molecule has 1 saturated carbocycles. The second kappa shape index (κ2) is 4.12. The van der Waals surface area contributed by atoms with Crippen molar-refractivity contribution >= 4 is 17.5 Å². The monoisotopic (exact) mass is 277 g/mol. The van der Waals surface area contributed by atoms with Gasteiger partial charge in [-0.3, -0.25) is 0 Å². The van der Waals surface area contributed by atoms with Gasteiger partial charge in [-0.05, 0) is 36.8 Å². The summed E-state index contributed by atoms with van der Waals surface area (Å²) < 4.78 is 1.49. The third-order valence-electron chi connectivity index (χ3n) is 3.87. The van der Waals surface area contributed by atoms with Gasteiger partial charge in [0.2, 0.25) is 11.2 Å². The number of fused-ring (bicyclic) bond motifs is 2. The summed E-state index contributed by atoms with van der Waals surface area (Å²) in [6, 6.07) is 0.548. The molecule has 0 radical (unpaired) electrons. The molecule has 2 atom stereocenters. The topological polar surface area (TPSA) is 72.6 Å². The zero-order valence-electron chi connectivity index (χ0n) is 10.1. The number of nitrogens with zero attached hydrogens (tertiary/aromatic N) is 7. The van der Waals surface area contributed by atoms with Crippen LogP contribution in [0.5, 0.6) is 0 Å².